The highest BCUT2D eigenvalue weighted by molar-refractivity contribution is 7.89. The maximum atomic E-state index is 13.9. The van der Waals surface area contributed by atoms with E-state index in [-0.39, 0.29) is 16.3 Å². The SMILES string of the molecule is COc1ccc(/C=C/C(=O)N(C)c2ccccc2F)cc1S(=O)(=O)N1CCCCC1. The van der Waals surface area contributed by atoms with Crippen LogP contribution in [0, 0.1) is 5.82 Å². The molecule has 3 rings (SSSR count). The van der Waals surface area contributed by atoms with Crippen molar-refractivity contribution >= 4 is 27.7 Å². The van der Waals surface area contributed by atoms with Crippen molar-refractivity contribution in [1.29, 1.82) is 0 Å². The minimum Gasteiger partial charge on any atom is -0.495 e. The maximum absolute atomic E-state index is 13.9. The average molecular weight is 433 g/mol. The Bertz CT molecular complexity index is 1050. The number of sulfonamides is 1. The lowest BCUT2D eigenvalue weighted by Gasteiger charge is -2.26. The summed E-state index contributed by atoms with van der Waals surface area (Å²) in [6, 6.07) is 10.7. The molecule has 6 nitrogen and oxygen atoms in total. The van der Waals surface area contributed by atoms with E-state index in [2.05, 4.69) is 0 Å². The van der Waals surface area contributed by atoms with Crippen molar-refractivity contribution in [3.05, 3.63) is 59.9 Å². The summed E-state index contributed by atoms with van der Waals surface area (Å²) in [5.41, 5.74) is 0.692. The van der Waals surface area contributed by atoms with Crippen molar-refractivity contribution in [2.45, 2.75) is 24.2 Å². The molecule has 1 saturated heterocycles. The molecule has 1 heterocycles. The molecule has 0 bridgehead atoms. The van der Waals surface area contributed by atoms with E-state index in [1.807, 2.05) is 0 Å². The number of halogens is 1. The molecule has 30 heavy (non-hydrogen) atoms. The van der Waals surface area contributed by atoms with E-state index < -0.39 is 21.7 Å². The Kier molecular flexibility index (Phi) is 6.89. The second-order valence-electron chi connectivity index (χ2n) is 7.06. The van der Waals surface area contributed by atoms with Gasteiger partial charge < -0.3 is 9.64 Å². The third-order valence-corrected chi connectivity index (χ3v) is 7.00. The minimum absolute atomic E-state index is 0.0731. The number of anilines is 1. The van der Waals surface area contributed by atoms with E-state index in [9.17, 15) is 17.6 Å². The quantitative estimate of drug-likeness (QED) is 0.653. The first-order valence-electron chi connectivity index (χ1n) is 9.73. The minimum atomic E-state index is -3.70. The summed E-state index contributed by atoms with van der Waals surface area (Å²) in [7, 11) is -0.800. The first-order chi connectivity index (χ1) is 14.3. The monoisotopic (exact) mass is 432 g/mol. The Balaban J connectivity index is 1.86. The average Bonchev–Trinajstić information content (AvgIpc) is 2.77. The lowest BCUT2D eigenvalue weighted by Crippen LogP contribution is -2.35. The molecule has 0 N–H and O–H groups in total. The van der Waals surface area contributed by atoms with Crippen LogP contribution in [0.3, 0.4) is 0 Å². The number of nitrogens with zero attached hydrogens (tertiary/aromatic N) is 2. The number of likely N-dealkylation sites (N-methyl/N-ethyl adjacent to an activating group) is 1. The largest absolute Gasteiger partial charge is 0.495 e. The molecule has 2 aromatic rings. The molecule has 0 saturated carbocycles. The molecule has 1 aliphatic rings. The highest BCUT2D eigenvalue weighted by Gasteiger charge is 2.29. The van der Waals surface area contributed by atoms with Gasteiger partial charge in [0.25, 0.3) is 5.91 Å². The molecule has 8 heteroatoms. The van der Waals surface area contributed by atoms with Crippen molar-refractivity contribution in [1.82, 2.24) is 4.31 Å². The van der Waals surface area contributed by atoms with Crippen molar-refractivity contribution in [2.75, 3.05) is 32.1 Å². The summed E-state index contributed by atoms with van der Waals surface area (Å²) in [5, 5.41) is 0. The van der Waals surface area contributed by atoms with Gasteiger partial charge in [-0.1, -0.05) is 24.6 Å². The van der Waals surface area contributed by atoms with Crippen LogP contribution in [0.1, 0.15) is 24.8 Å². The molecule has 1 aliphatic heterocycles. The summed E-state index contributed by atoms with van der Waals surface area (Å²) < 4.78 is 46.8. The van der Waals surface area contributed by atoms with Gasteiger partial charge in [0, 0.05) is 26.2 Å². The molecular weight excluding hydrogens is 407 g/mol. The molecule has 0 unspecified atom stereocenters. The van der Waals surface area contributed by atoms with Gasteiger partial charge in [-0.25, -0.2) is 12.8 Å². The zero-order valence-corrected chi connectivity index (χ0v) is 17.9. The summed E-state index contributed by atoms with van der Waals surface area (Å²) in [5.74, 6) is -0.676. The van der Waals surface area contributed by atoms with Crippen LogP contribution in [-0.4, -0.2) is 45.9 Å². The molecule has 0 radical (unpaired) electrons. The second-order valence-corrected chi connectivity index (χ2v) is 8.96. The Morgan fingerprint density at radius 1 is 1.13 bits per heavy atom. The van der Waals surface area contributed by atoms with Gasteiger partial charge in [-0.2, -0.15) is 4.31 Å². The molecule has 2 aromatic carbocycles. The van der Waals surface area contributed by atoms with Gasteiger partial charge in [0.05, 0.1) is 12.8 Å². The number of carbonyl (C=O) groups is 1. The lowest BCUT2D eigenvalue weighted by atomic mass is 10.2. The zero-order chi connectivity index (χ0) is 21.7. The Hall–Kier alpha value is -2.71. The second kappa shape index (κ2) is 9.40. The van der Waals surface area contributed by atoms with E-state index in [0.717, 1.165) is 19.3 Å². The van der Waals surface area contributed by atoms with E-state index in [0.29, 0.717) is 18.7 Å². The van der Waals surface area contributed by atoms with Gasteiger partial charge in [-0.3, -0.25) is 4.79 Å². The fourth-order valence-corrected chi connectivity index (χ4v) is 5.07. The van der Waals surface area contributed by atoms with E-state index >= 15 is 0 Å². The van der Waals surface area contributed by atoms with E-state index in [4.69, 9.17) is 4.74 Å². The molecule has 1 fully saturated rings. The van der Waals surface area contributed by atoms with Crippen LogP contribution in [-0.2, 0) is 14.8 Å². The summed E-state index contributed by atoms with van der Waals surface area (Å²) >= 11 is 0. The Morgan fingerprint density at radius 3 is 2.50 bits per heavy atom. The molecule has 0 aromatic heterocycles. The number of hydrogen-bond acceptors (Lipinski definition) is 4. The zero-order valence-electron chi connectivity index (χ0n) is 17.0. The van der Waals surface area contributed by atoms with Crippen LogP contribution in [0.4, 0.5) is 10.1 Å². The Morgan fingerprint density at radius 2 is 1.83 bits per heavy atom. The summed E-state index contributed by atoms with van der Waals surface area (Å²) in [4.78, 5) is 13.7. The Labute approximate surface area is 176 Å². The van der Waals surface area contributed by atoms with Crippen molar-refractivity contribution in [2.24, 2.45) is 0 Å². The predicted molar refractivity (Wildman–Crippen MR) is 114 cm³/mol. The van der Waals surface area contributed by atoms with Crippen LogP contribution < -0.4 is 9.64 Å². The van der Waals surface area contributed by atoms with Gasteiger partial charge >= 0.3 is 0 Å². The third-order valence-electron chi connectivity index (χ3n) is 5.08. The first kappa shape index (κ1) is 22.0. The molecule has 1 amide bonds. The maximum Gasteiger partial charge on any atom is 0.250 e. The number of rotatable bonds is 6. The number of para-hydroxylation sites is 1. The van der Waals surface area contributed by atoms with Gasteiger partial charge in [0.15, 0.2) is 0 Å². The number of amides is 1. The first-order valence-corrected chi connectivity index (χ1v) is 11.2. The molecule has 160 valence electrons. The van der Waals surface area contributed by atoms with E-state index in [1.54, 1.807) is 24.3 Å². The van der Waals surface area contributed by atoms with Crippen molar-refractivity contribution in [3.8, 4) is 5.75 Å². The normalized spacial score (nSPS) is 15.3. The van der Waals surface area contributed by atoms with Crippen LogP contribution in [0.15, 0.2) is 53.4 Å². The van der Waals surface area contributed by atoms with Gasteiger partial charge in [-0.15, -0.1) is 0 Å². The number of carbonyl (C=O) groups excluding carboxylic acids is 1. The highest BCUT2D eigenvalue weighted by atomic mass is 32.2. The van der Waals surface area contributed by atoms with Crippen LogP contribution in [0.25, 0.3) is 6.08 Å². The fraction of sp³-hybridized carbons (Fsp3) is 0.318. The van der Waals surface area contributed by atoms with Gasteiger partial charge in [0.2, 0.25) is 10.0 Å². The number of benzene rings is 2. The molecule has 0 atom stereocenters. The fourth-order valence-electron chi connectivity index (χ4n) is 3.36. The number of hydrogen-bond donors (Lipinski definition) is 0. The number of methoxy groups -OCH3 is 1. The van der Waals surface area contributed by atoms with Crippen LogP contribution >= 0.6 is 0 Å². The third kappa shape index (κ3) is 4.71. The van der Waals surface area contributed by atoms with Crippen LogP contribution in [0.5, 0.6) is 5.75 Å². The molecule has 0 spiro atoms. The number of ether oxygens (including phenoxy) is 1. The molecule has 0 aliphatic carbocycles. The topological polar surface area (TPSA) is 66.9 Å². The van der Waals surface area contributed by atoms with Crippen molar-refractivity contribution in [3.63, 3.8) is 0 Å². The summed E-state index contributed by atoms with van der Waals surface area (Å²) in [6.07, 6.45) is 5.47. The van der Waals surface area contributed by atoms with Crippen LogP contribution in [0.2, 0.25) is 0 Å². The predicted octanol–water partition coefficient (Wildman–Crippen LogP) is 3.69. The van der Waals surface area contributed by atoms with Gasteiger partial charge in [0.1, 0.15) is 16.5 Å². The smallest absolute Gasteiger partial charge is 0.250 e. The highest BCUT2D eigenvalue weighted by Crippen LogP contribution is 2.30. The van der Waals surface area contributed by atoms with Gasteiger partial charge in [-0.05, 0) is 48.7 Å². The number of piperidine rings is 1. The van der Waals surface area contributed by atoms with Crippen molar-refractivity contribution < 1.29 is 22.3 Å². The molecular formula is C22H25FN2O4S. The van der Waals surface area contributed by atoms with E-state index in [1.165, 1.54) is 53.7 Å². The summed E-state index contributed by atoms with van der Waals surface area (Å²) in [6.45, 7) is 0.967. The standard InChI is InChI=1S/C22H25FN2O4S/c1-24(19-9-5-4-8-18(19)23)22(26)13-11-17-10-12-20(29-2)21(16-17)30(27,28)25-14-6-3-7-15-25/h4-5,8-13,16H,3,6-7,14-15H2,1-2H3/b13-11+. The lowest BCUT2D eigenvalue weighted by molar-refractivity contribution is -0.113.